The summed E-state index contributed by atoms with van der Waals surface area (Å²) in [6.45, 7) is 8.90. The highest BCUT2D eigenvalue weighted by molar-refractivity contribution is 6.07. The molecule has 2 saturated heterocycles. The summed E-state index contributed by atoms with van der Waals surface area (Å²) in [4.78, 5) is 42.8. The molecular weight excluding hydrogens is 320 g/mol. The van der Waals surface area contributed by atoms with Gasteiger partial charge in [-0.25, -0.2) is 9.69 Å². The van der Waals surface area contributed by atoms with Crippen molar-refractivity contribution in [3.63, 3.8) is 0 Å². The molecule has 7 heteroatoms. The Hall–Kier alpha value is -1.63. The Bertz CT molecular complexity index is 557. The molecule has 0 aromatic heterocycles. The SMILES string of the molecule is CC(C)C(=O)N1CCN(CN2C(=O)N[C@]3(CCCC[C@@H]3C)C2=O)CC1. The summed E-state index contributed by atoms with van der Waals surface area (Å²) in [5.74, 6) is 0.295. The van der Waals surface area contributed by atoms with Crippen molar-refractivity contribution >= 4 is 17.8 Å². The molecule has 7 nitrogen and oxygen atoms in total. The van der Waals surface area contributed by atoms with E-state index in [1.54, 1.807) is 0 Å². The minimum absolute atomic E-state index is 0.00475. The molecule has 3 fully saturated rings. The zero-order valence-electron chi connectivity index (χ0n) is 15.6. The lowest BCUT2D eigenvalue weighted by atomic mass is 9.73. The average molecular weight is 350 g/mol. The molecule has 0 unspecified atom stereocenters. The first kappa shape index (κ1) is 18.2. The Labute approximate surface area is 149 Å². The van der Waals surface area contributed by atoms with E-state index in [2.05, 4.69) is 17.1 Å². The number of imide groups is 1. The summed E-state index contributed by atoms with van der Waals surface area (Å²) in [6.07, 6.45) is 3.83. The van der Waals surface area contributed by atoms with Gasteiger partial charge in [0.05, 0.1) is 6.67 Å². The van der Waals surface area contributed by atoms with E-state index in [-0.39, 0.29) is 29.7 Å². The van der Waals surface area contributed by atoms with Gasteiger partial charge in [-0.3, -0.25) is 14.5 Å². The van der Waals surface area contributed by atoms with Crippen molar-refractivity contribution in [3.8, 4) is 0 Å². The quantitative estimate of drug-likeness (QED) is 0.778. The molecular formula is C18H30N4O3. The number of piperazine rings is 1. The van der Waals surface area contributed by atoms with Crippen LogP contribution in [0.25, 0.3) is 0 Å². The van der Waals surface area contributed by atoms with Crippen LogP contribution in [0.15, 0.2) is 0 Å². The predicted octanol–water partition coefficient (Wildman–Crippen LogP) is 1.24. The zero-order valence-corrected chi connectivity index (χ0v) is 15.6. The Morgan fingerprint density at radius 2 is 1.88 bits per heavy atom. The van der Waals surface area contributed by atoms with Crippen molar-refractivity contribution in [2.45, 2.75) is 52.0 Å². The maximum absolute atomic E-state index is 13.0. The summed E-state index contributed by atoms with van der Waals surface area (Å²) in [5, 5.41) is 3.00. The van der Waals surface area contributed by atoms with Crippen LogP contribution in [-0.4, -0.2) is 70.9 Å². The molecule has 3 aliphatic rings. The number of amides is 4. The van der Waals surface area contributed by atoms with Crippen molar-refractivity contribution < 1.29 is 14.4 Å². The highest BCUT2D eigenvalue weighted by atomic mass is 16.2. The second-order valence-corrected chi connectivity index (χ2v) is 8.02. The molecule has 25 heavy (non-hydrogen) atoms. The van der Waals surface area contributed by atoms with Gasteiger partial charge in [-0.2, -0.15) is 0 Å². The summed E-state index contributed by atoms with van der Waals surface area (Å²) < 4.78 is 0. The molecule has 0 bridgehead atoms. The van der Waals surface area contributed by atoms with Crippen molar-refractivity contribution in [3.05, 3.63) is 0 Å². The molecule has 2 aliphatic heterocycles. The average Bonchev–Trinajstić information content (AvgIpc) is 2.82. The largest absolute Gasteiger partial charge is 0.340 e. The molecule has 2 heterocycles. The fourth-order valence-electron chi connectivity index (χ4n) is 4.30. The molecule has 140 valence electrons. The monoisotopic (exact) mass is 350 g/mol. The predicted molar refractivity (Wildman–Crippen MR) is 93.6 cm³/mol. The van der Waals surface area contributed by atoms with E-state index in [1.165, 1.54) is 4.90 Å². The molecule has 0 radical (unpaired) electrons. The van der Waals surface area contributed by atoms with Crippen molar-refractivity contribution in [2.24, 2.45) is 11.8 Å². The first-order valence-electron chi connectivity index (χ1n) is 9.50. The lowest BCUT2D eigenvalue weighted by Crippen LogP contribution is -2.55. The summed E-state index contributed by atoms with van der Waals surface area (Å²) in [6, 6.07) is -0.264. The standard InChI is InChI=1S/C18H30N4O3/c1-13(2)15(23)21-10-8-20(9-11-21)12-22-16(24)18(19-17(22)25)7-5-4-6-14(18)3/h13-14H,4-12H2,1-3H3,(H,19,25)/t14-,18-/m0/s1. The first-order valence-corrected chi connectivity index (χ1v) is 9.50. The molecule has 1 aliphatic carbocycles. The molecule has 0 aromatic rings. The topological polar surface area (TPSA) is 73.0 Å². The van der Waals surface area contributed by atoms with Gasteiger partial charge in [0.2, 0.25) is 5.91 Å². The second kappa shape index (κ2) is 6.94. The Balaban J connectivity index is 1.60. The van der Waals surface area contributed by atoms with E-state index in [0.717, 1.165) is 25.7 Å². The van der Waals surface area contributed by atoms with Crippen LogP contribution in [0.3, 0.4) is 0 Å². The van der Waals surface area contributed by atoms with Crippen molar-refractivity contribution in [1.29, 1.82) is 0 Å². The number of rotatable bonds is 3. The number of nitrogens with zero attached hydrogens (tertiary/aromatic N) is 3. The van der Waals surface area contributed by atoms with Crippen molar-refractivity contribution in [1.82, 2.24) is 20.0 Å². The van der Waals surface area contributed by atoms with Crippen LogP contribution in [0.1, 0.15) is 46.5 Å². The van der Waals surface area contributed by atoms with Gasteiger partial charge in [-0.05, 0) is 18.8 Å². The minimum atomic E-state index is -0.690. The Morgan fingerprint density at radius 1 is 1.20 bits per heavy atom. The molecule has 4 amide bonds. The van der Waals surface area contributed by atoms with Gasteiger partial charge in [0, 0.05) is 32.1 Å². The van der Waals surface area contributed by atoms with Crippen LogP contribution in [0.5, 0.6) is 0 Å². The van der Waals surface area contributed by atoms with Gasteiger partial charge in [0.25, 0.3) is 5.91 Å². The highest BCUT2D eigenvalue weighted by Crippen LogP contribution is 2.38. The third-order valence-electron chi connectivity index (χ3n) is 6.02. The van der Waals surface area contributed by atoms with Gasteiger partial charge >= 0.3 is 6.03 Å². The summed E-state index contributed by atoms with van der Waals surface area (Å²) >= 11 is 0. The maximum atomic E-state index is 13.0. The zero-order chi connectivity index (χ0) is 18.2. The number of carbonyl (C=O) groups excluding carboxylic acids is 3. The second-order valence-electron chi connectivity index (χ2n) is 8.02. The van der Waals surface area contributed by atoms with Crippen LogP contribution in [0.4, 0.5) is 4.79 Å². The lowest BCUT2D eigenvalue weighted by Gasteiger charge is -2.38. The fraction of sp³-hybridized carbons (Fsp3) is 0.833. The highest BCUT2D eigenvalue weighted by Gasteiger charge is 2.55. The van der Waals surface area contributed by atoms with Crippen LogP contribution in [0.2, 0.25) is 0 Å². The van der Waals surface area contributed by atoms with Gasteiger partial charge in [-0.1, -0.05) is 33.6 Å². The van der Waals surface area contributed by atoms with E-state index < -0.39 is 5.54 Å². The van der Waals surface area contributed by atoms with Crippen LogP contribution in [-0.2, 0) is 9.59 Å². The van der Waals surface area contributed by atoms with Gasteiger partial charge in [-0.15, -0.1) is 0 Å². The molecule has 1 N–H and O–H groups in total. The van der Waals surface area contributed by atoms with Gasteiger partial charge in [0.1, 0.15) is 5.54 Å². The molecule has 2 atom stereocenters. The van der Waals surface area contributed by atoms with Crippen LogP contribution in [0, 0.1) is 11.8 Å². The normalized spacial score (nSPS) is 31.1. The smallest absolute Gasteiger partial charge is 0.326 e. The van der Waals surface area contributed by atoms with E-state index in [4.69, 9.17) is 0 Å². The Morgan fingerprint density at radius 3 is 2.48 bits per heavy atom. The number of urea groups is 1. The van der Waals surface area contributed by atoms with E-state index >= 15 is 0 Å². The fourth-order valence-corrected chi connectivity index (χ4v) is 4.30. The molecule has 3 rings (SSSR count). The maximum Gasteiger partial charge on any atom is 0.326 e. The Kier molecular flexibility index (Phi) is 5.04. The van der Waals surface area contributed by atoms with Crippen molar-refractivity contribution in [2.75, 3.05) is 32.8 Å². The lowest BCUT2D eigenvalue weighted by molar-refractivity contribution is -0.139. The van der Waals surface area contributed by atoms with E-state index in [9.17, 15) is 14.4 Å². The van der Waals surface area contributed by atoms with E-state index in [1.807, 2.05) is 18.7 Å². The molecule has 1 saturated carbocycles. The van der Waals surface area contributed by atoms with Gasteiger partial charge < -0.3 is 10.2 Å². The number of hydrogen-bond acceptors (Lipinski definition) is 4. The summed E-state index contributed by atoms with van der Waals surface area (Å²) in [7, 11) is 0. The van der Waals surface area contributed by atoms with Gasteiger partial charge in [0.15, 0.2) is 0 Å². The number of carbonyl (C=O) groups is 3. The molecule has 0 aromatic carbocycles. The van der Waals surface area contributed by atoms with Crippen LogP contribution >= 0.6 is 0 Å². The summed E-state index contributed by atoms with van der Waals surface area (Å²) in [5.41, 5.74) is -0.690. The minimum Gasteiger partial charge on any atom is -0.340 e. The third kappa shape index (κ3) is 3.26. The third-order valence-corrected chi connectivity index (χ3v) is 6.02. The number of nitrogens with one attached hydrogen (secondary N) is 1. The number of hydrogen-bond donors (Lipinski definition) is 1. The van der Waals surface area contributed by atoms with Crippen LogP contribution < -0.4 is 5.32 Å². The first-order chi connectivity index (χ1) is 11.8. The van der Waals surface area contributed by atoms with E-state index in [0.29, 0.717) is 32.8 Å². The molecule has 1 spiro atoms.